The standard InChI is InChI=1S/C19H29N3O2/c1-2-16-5-3-6-17(13-16)20-19(23)15-22-10-8-21(9-11-22)14-18-7-4-12-24-18/h3,5-6,13,18H,2,4,7-12,14-15H2,1H3,(H,20,23). The highest BCUT2D eigenvalue weighted by Crippen LogP contribution is 2.15. The average Bonchev–Trinajstić information content (AvgIpc) is 3.10. The maximum absolute atomic E-state index is 12.3. The summed E-state index contributed by atoms with van der Waals surface area (Å²) in [5, 5.41) is 3.02. The van der Waals surface area contributed by atoms with Crippen LogP contribution >= 0.6 is 0 Å². The summed E-state index contributed by atoms with van der Waals surface area (Å²) in [5.74, 6) is 0.0795. The number of carbonyl (C=O) groups excluding carboxylic acids is 1. The number of rotatable bonds is 6. The SMILES string of the molecule is CCc1cccc(NC(=O)CN2CCN(CC3CCCO3)CC2)c1. The fraction of sp³-hybridized carbons (Fsp3) is 0.632. The summed E-state index contributed by atoms with van der Waals surface area (Å²) in [4.78, 5) is 17.0. The molecule has 24 heavy (non-hydrogen) atoms. The van der Waals surface area contributed by atoms with Gasteiger partial charge in [-0.2, -0.15) is 0 Å². The number of piperazine rings is 1. The van der Waals surface area contributed by atoms with Gasteiger partial charge < -0.3 is 10.1 Å². The van der Waals surface area contributed by atoms with Crippen molar-refractivity contribution in [3.8, 4) is 0 Å². The molecule has 1 aromatic carbocycles. The van der Waals surface area contributed by atoms with Crippen LogP contribution in [-0.4, -0.2) is 67.7 Å². The predicted molar refractivity (Wildman–Crippen MR) is 96.3 cm³/mol. The number of nitrogens with one attached hydrogen (secondary N) is 1. The normalized spacial score (nSPS) is 22.6. The van der Waals surface area contributed by atoms with E-state index in [0.29, 0.717) is 12.6 Å². The smallest absolute Gasteiger partial charge is 0.238 e. The van der Waals surface area contributed by atoms with Gasteiger partial charge in [0, 0.05) is 45.0 Å². The Balaban J connectivity index is 1.39. The maximum Gasteiger partial charge on any atom is 0.238 e. The van der Waals surface area contributed by atoms with Crippen molar-refractivity contribution >= 4 is 11.6 Å². The minimum Gasteiger partial charge on any atom is -0.377 e. The van der Waals surface area contributed by atoms with E-state index in [-0.39, 0.29) is 5.91 Å². The van der Waals surface area contributed by atoms with Crippen LogP contribution in [0.3, 0.4) is 0 Å². The van der Waals surface area contributed by atoms with Gasteiger partial charge in [0.15, 0.2) is 0 Å². The molecule has 0 spiro atoms. The molecule has 0 aliphatic carbocycles. The van der Waals surface area contributed by atoms with E-state index in [0.717, 1.165) is 51.4 Å². The van der Waals surface area contributed by atoms with Crippen LogP contribution in [0.25, 0.3) is 0 Å². The first-order chi connectivity index (χ1) is 11.7. The molecule has 2 heterocycles. The van der Waals surface area contributed by atoms with Crippen LogP contribution in [0.1, 0.15) is 25.3 Å². The Labute approximate surface area is 145 Å². The second kappa shape index (κ2) is 8.60. The van der Waals surface area contributed by atoms with Gasteiger partial charge in [0.2, 0.25) is 5.91 Å². The fourth-order valence-electron chi connectivity index (χ4n) is 3.48. The quantitative estimate of drug-likeness (QED) is 0.866. The van der Waals surface area contributed by atoms with Gasteiger partial charge in [-0.15, -0.1) is 0 Å². The molecule has 0 aromatic heterocycles. The monoisotopic (exact) mass is 331 g/mol. The van der Waals surface area contributed by atoms with Crippen LogP contribution in [0.15, 0.2) is 24.3 Å². The van der Waals surface area contributed by atoms with E-state index in [1.807, 2.05) is 12.1 Å². The number of nitrogens with zero attached hydrogens (tertiary/aromatic N) is 2. The summed E-state index contributed by atoms with van der Waals surface area (Å²) in [5.41, 5.74) is 2.15. The van der Waals surface area contributed by atoms with Gasteiger partial charge in [-0.3, -0.25) is 14.6 Å². The zero-order valence-corrected chi connectivity index (χ0v) is 14.7. The first-order valence-electron chi connectivity index (χ1n) is 9.18. The van der Waals surface area contributed by atoms with E-state index in [1.54, 1.807) is 0 Å². The first kappa shape index (κ1) is 17.4. The molecule has 0 radical (unpaired) electrons. The van der Waals surface area contributed by atoms with Crippen LogP contribution in [-0.2, 0) is 16.0 Å². The first-order valence-corrected chi connectivity index (χ1v) is 9.18. The van der Waals surface area contributed by atoms with Crippen molar-refractivity contribution in [1.29, 1.82) is 0 Å². The second-order valence-corrected chi connectivity index (χ2v) is 6.81. The molecule has 2 saturated heterocycles. The molecule has 0 saturated carbocycles. The lowest BCUT2D eigenvalue weighted by atomic mass is 10.1. The largest absolute Gasteiger partial charge is 0.377 e. The van der Waals surface area contributed by atoms with Crippen molar-refractivity contribution < 1.29 is 9.53 Å². The fourth-order valence-corrected chi connectivity index (χ4v) is 3.48. The van der Waals surface area contributed by atoms with E-state index in [9.17, 15) is 4.79 Å². The van der Waals surface area contributed by atoms with Crippen LogP contribution in [0, 0.1) is 0 Å². The van der Waals surface area contributed by atoms with E-state index in [4.69, 9.17) is 4.74 Å². The van der Waals surface area contributed by atoms with Crippen LogP contribution in [0.2, 0.25) is 0 Å². The van der Waals surface area contributed by atoms with E-state index < -0.39 is 0 Å². The van der Waals surface area contributed by atoms with Gasteiger partial charge >= 0.3 is 0 Å². The number of hydrogen-bond acceptors (Lipinski definition) is 4. The number of aryl methyl sites for hydroxylation is 1. The molecule has 0 bridgehead atoms. The molecule has 2 fully saturated rings. The van der Waals surface area contributed by atoms with E-state index in [1.165, 1.54) is 18.4 Å². The molecule has 5 nitrogen and oxygen atoms in total. The van der Waals surface area contributed by atoms with Crippen molar-refractivity contribution in [2.75, 3.05) is 51.2 Å². The minimum atomic E-state index is 0.0795. The Morgan fingerprint density at radius 2 is 2.04 bits per heavy atom. The molecular formula is C19H29N3O2. The molecule has 2 aliphatic heterocycles. The van der Waals surface area contributed by atoms with Gasteiger partial charge in [0.1, 0.15) is 0 Å². The Morgan fingerprint density at radius 1 is 1.25 bits per heavy atom. The van der Waals surface area contributed by atoms with E-state index in [2.05, 4.69) is 34.2 Å². The molecule has 1 amide bonds. The molecule has 1 unspecified atom stereocenters. The van der Waals surface area contributed by atoms with Crippen molar-refractivity contribution in [2.24, 2.45) is 0 Å². The molecule has 1 N–H and O–H groups in total. The minimum absolute atomic E-state index is 0.0795. The van der Waals surface area contributed by atoms with Gasteiger partial charge in [-0.25, -0.2) is 0 Å². The number of carbonyl (C=O) groups is 1. The highest BCUT2D eigenvalue weighted by atomic mass is 16.5. The third-order valence-electron chi connectivity index (χ3n) is 4.94. The van der Waals surface area contributed by atoms with Crippen LogP contribution < -0.4 is 5.32 Å². The average molecular weight is 331 g/mol. The Morgan fingerprint density at radius 3 is 2.75 bits per heavy atom. The van der Waals surface area contributed by atoms with E-state index >= 15 is 0 Å². The molecule has 132 valence electrons. The lowest BCUT2D eigenvalue weighted by molar-refractivity contribution is -0.117. The van der Waals surface area contributed by atoms with Gasteiger partial charge in [-0.1, -0.05) is 19.1 Å². The van der Waals surface area contributed by atoms with Crippen LogP contribution in [0.4, 0.5) is 5.69 Å². The molecule has 3 rings (SSSR count). The molecule has 2 aliphatic rings. The Kier molecular flexibility index (Phi) is 6.24. The second-order valence-electron chi connectivity index (χ2n) is 6.81. The van der Waals surface area contributed by atoms with Crippen molar-refractivity contribution in [2.45, 2.75) is 32.3 Å². The topological polar surface area (TPSA) is 44.8 Å². The molecule has 1 atom stereocenters. The van der Waals surface area contributed by atoms with Gasteiger partial charge in [0.05, 0.1) is 12.6 Å². The number of ether oxygens (including phenoxy) is 1. The molecular weight excluding hydrogens is 302 g/mol. The third-order valence-corrected chi connectivity index (χ3v) is 4.94. The lowest BCUT2D eigenvalue weighted by Gasteiger charge is -2.35. The lowest BCUT2D eigenvalue weighted by Crippen LogP contribution is -2.50. The summed E-state index contributed by atoms with van der Waals surface area (Å²) in [7, 11) is 0. The van der Waals surface area contributed by atoms with Crippen LogP contribution in [0.5, 0.6) is 0 Å². The van der Waals surface area contributed by atoms with Crippen molar-refractivity contribution in [1.82, 2.24) is 9.80 Å². The summed E-state index contributed by atoms with van der Waals surface area (Å²) >= 11 is 0. The third kappa shape index (κ3) is 5.03. The van der Waals surface area contributed by atoms with Crippen molar-refractivity contribution in [3.63, 3.8) is 0 Å². The summed E-state index contributed by atoms with van der Waals surface area (Å²) in [6.07, 6.45) is 3.80. The number of anilines is 1. The highest BCUT2D eigenvalue weighted by Gasteiger charge is 2.23. The summed E-state index contributed by atoms with van der Waals surface area (Å²) in [6, 6.07) is 8.09. The summed E-state index contributed by atoms with van der Waals surface area (Å²) < 4.78 is 5.71. The number of amides is 1. The Hall–Kier alpha value is -1.43. The zero-order valence-electron chi connectivity index (χ0n) is 14.7. The van der Waals surface area contributed by atoms with Crippen molar-refractivity contribution in [3.05, 3.63) is 29.8 Å². The zero-order chi connectivity index (χ0) is 16.8. The Bertz CT molecular complexity index is 535. The molecule has 5 heteroatoms. The number of benzene rings is 1. The maximum atomic E-state index is 12.3. The molecule has 1 aromatic rings. The van der Waals surface area contributed by atoms with Gasteiger partial charge in [-0.05, 0) is 37.0 Å². The predicted octanol–water partition coefficient (Wildman–Crippen LogP) is 1.98. The highest BCUT2D eigenvalue weighted by molar-refractivity contribution is 5.92. The summed E-state index contributed by atoms with van der Waals surface area (Å²) in [6.45, 7) is 8.52. The van der Waals surface area contributed by atoms with Gasteiger partial charge in [0.25, 0.3) is 0 Å². The number of hydrogen-bond donors (Lipinski definition) is 1.